The van der Waals surface area contributed by atoms with Crippen molar-refractivity contribution in [3.05, 3.63) is 0 Å². The lowest BCUT2D eigenvalue weighted by Crippen LogP contribution is -3.00. The highest BCUT2D eigenvalue weighted by Gasteiger charge is 2.33. The minimum atomic E-state index is -0.513. The van der Waals surface area contributed by atoms with Crippen LogP contribution in [0.2, 0.25) is 0 Å². The summed E-state index contributed by atoms with van der Waals surface area (Å²) in [7, 11) is -0.513. The molecule has 0 aromatic carbocycles. The van der Waals surface area contributed by atoms with Crippen LogP contribution in [0.3, 0.4) is 0 Å². The Labute approximate surface area is 104 Å². The van der Waals surface area contributed by atoms with Gasteiger partial charge < -0.3 is 12.4 Å². The number of hydrogen-bond acceptors (Lipinski definition) is 0. The van der Waals surface area contributed by atoms with Crippen molar-refractivity contribution in [1.82, 2.24) is 0 Å². The van der Waals surface area contributed by atoms with Crippen molar-refractivity contribution in [2.24, 2.45) is 0 Å². The third-order valence-corrected chi connectivity index (χ3v) is 8.53. The smallest absolute Gasteiger partial charge is 0.0594 e. The highest BCUT2D eigenvalue weighted by Crippen LogP contribution is 2.60. The minimum Gasteiger partial charge on any atom is -1.00 e. The molecule has 0 spiro atoms. The van der Waals surface area contributed by atoms with Crippen molar-refractivity contribution >= 4 is 7.26 Å². The van der Waals surface area contributed by atoms with E-state index in [2.05, 4.69) is 27.7 Å². The molecule has 0 amide bonds. The van der Waals surface area contributed by atoms with E-state index in [1.807, 2.05) is 0 Å². The fourth-order valence-electron chi connectivity index (χ4n) is 2.59. The maximum atomic E-state index is 2.37. The van der Waals surface area contributed by atoms with Crippen molar-refractivity contribution < 1.29 is 12.4 Å². The molecular formula is C13H30ClP. The molecule has 0 aliphatic rings. The monoisotopic (exact) mass is 252 g/mol. The van der Waals surface area contributed by atoms with Crippen LogP contribution in [-0.4, -0.2) is 24.6 Å². The number of rotatable bonds is 9. The summed E-state index contributed by atoms with van der Waals surface area (Å²) in [6.45, 7) is 9.43. The Bertz CT molecular complexity index is 109. The number of halogens is 1. The Morgan fingerprint density at radius 2 is 1.00 bits per heavy atom. The van der Waals surface area contributed by atoms with Crippen LogP contribution in [0.25, 0.3) is 0 Å². The van der Waals surface area contributed by atoms with E-state index in [1.54, 1.807) is 24.6 Å². The van der Waals surface area contributed by atoms with E-state index < -0.39 is 7.26 Å². The van der Waals surface area contributed by atoms with Gasteiger partial charge in [-0.15, -0.1) is 0 Å². The van der Waals surface area contributed by atoms with Gasteiger partial charge in [0.05, 0.1) is 24.6 Å². The lowest BCUT2D eigenvalue weighted by molar-refractivity contribution is -0.00000339. The van der Waals surface area contributed by atoms with Gasteiger partial charge >= 0.3 is 0 Å². The topological polar surface area (TPSA) is 0 Å². The highest BCUT2D eigenvalue weighted by molar-refractivity contribution is 7.75. The summed E-state index contributed by atoms with van der Waals surface area (Å²) in [5, 5.41) is 0. The summed E-state index contributed by atoms with van der Waals surface area (Å²) in [6.07, 6.45) is 13.4. The molecule has 2 heteroatoms. The fraction of sp³-hybridized carbons (Fsp3) is 1.00. The maximum absolute atomic E-state index is 2.37. The van der Waals surface area contributed by atoms with Gasteiger partial charge in [0.15, 0.2) is 0 Å². The molecule has 0 aliphatic heterocycles. The molecule has 0 heterocycles. The van der Waals surface area contributed by atoms with Crippen molar-refractivity contribution in [2.75, 3.05) is 24.6 Å². The molecule has 0 saturated heterocycles. The van der Waals surface area contributed by atoms with E-state index in [4.69, 9.17) is 0 Å². The molecular weight excluding hydrogens is 223 g/mol. The van der Waals surface area contributed by atoms with Gasteiger partial charge in [-0.25, -0.2) is 0 Å². The molecule has 0 N–H and O–H groups in total. The first kappa shape index (κ1) is 18.1. The Hall–Kier alpha value is 0.720. The summed E-state index contributed by atoms with van der Waals surface area (Å²) >= 11 is 0. The van der Waals surface area contributed by atoms with Gasteiger partial charge in [0.25, 0.3) is 0 Å². The summed E-state index contributed by atoms with van der Waals surface area (Å²) in [5.74, 6) is 0. The van der Waals surface area contributed by atoms with Crippen LogP contribution in [-0.2, 0) is 0 Å². The lowest BCUT2D eigenvalue weighted by Gasteiger charge is -2.26. The van der Waals surface area contributed by atoms with Crippen LogP contribution >= 0.6 is 7.26 Å². The summed E-state index contributed by atoms with van der Waals surface area (Å²) in [5.41, 5.74) is 0. The van der Waals surface area contributed by atoms with Crippen LogP contribution < -0.4 is 12.4 Å². The van der Waals surface area contributed by atoms with E-state index in [0.29, 0.717) is 0 Å². The Balaban J connectivity index is 0. The SMILES string of the molecule is CCCC[P+](CCC)(CCC)CCC.[Cl-]. The molecule has 0 aromatic heterocycles. The molecule has 0 aliphatic carbocycles. The molecule has 94 valence electrons. The van der Waals surface area contributed by atoms with Crippen molar-refractivity contribution in [1.29, 1.82) is 0 Å². The van der Waals surface area contributed by atoms with Gasteiger partial charge in [-0.05, 0) is 25.7 Å². The molecule has 0 atom stereocenters. The van der Waals surface area contributed by atoms with Gasteiger partial charge in [-0.3, -0.25) is 0 Å². The van der Waals surface area contributed by atoms with E-state index in [1.165, 1.54) is 32.1 Å². The first-order chi connectivity index (χ1) is 6.74. The lowest BCUT2D eigenvalue weighted by atomic mass is 10.4. The van der Waals surface area contributed by atoms with Gasteiger partial charge in [0.1, 0.15) is 0 Å². The zero-order valence-electron chi connectivity index (χ0n) is 11.2. The van der Waals surface area contributed by atoms with Gasteiger partial charge in [-0.2, -0.15) is 0 Å². The first-order valence-electron chi connectivity index (χ1n) is 6.59. The summed E-state index contributed by atoms with van der Waals surface area (Å²) in [6, 6.07) is 0. The molecule has 0 aromatic rings. The third-order valence-electron chi connectivity index (χ3n) is 3.08. The maximum Gasteiger partial charge on any atom is 0.0594 e. The van der Waals surface area contributed by atoms with E-state index in [-0.39, 0.29) is 12.4 Å². The first-order valence-corrected chi connectivity index (χ1v) is 9.12. The quantitative estimate of drug-likeness (QED) is 0.551. The summed E-state index contributed by atoms with van der Waals surface area (Å²) in [4.78, 5) is 0. The highest BCUT2D eigenvalue weighted by atomic mass is 35.5. The van der Waals surface area contributed by atoms with Crippen LogP contribution in [0.15, 0.2) is 0 Å². The normalized spacial score (nSPS) is 11.2. The number of hydrogen-bond donors (Lipinski definition) is 0. The largest absolute Gasteiger partial charge is 1.00 e. The zero-order chi connectivity index (χ0) is 10.9. The standard InChI is InChI=1S/C13H30P.ClH/c1-5-9-13-14(10-6-2,11-7-3)12-8-4;/h5-13H2,1-4H3;1H/q+1;/p-1. The van der Waals surface area contributed by atoms with Crippen molar-refractivity contribution in [2.45, 2.75) is 59.8 Å². The van der Waals surface area contributed by atoms with Gasteiger partial charge in [-0.1, -0.05) is 34.1 Å². The van der Waals surface area contributed by atoms with E-state index >= 15 is 0 Å². The van der Waals surface area contributed by atoms with Crippen LogP contribution in [0.1, 0.15) is 59.8 Å². The molecule has 0 nitrogen and oxygen atoms in total. The third kappa shape index (κ3) is 7.58. The van der Waals surface area contributed by atoms with Crippen molar-refractivity contribution in [3.63, 3.8) is 0 Å². The van der Waals surface area contributed by atoms with Gasteiger partial charge in [0, 0.05) is 7.26 Å². The molecule has 15 heavy (non-hydrogen) atoms. The van der Waals surface area contributed by atoms with E-state index in [0.717, 1.165) is 0 Å². The molecule has 0 radical (unpaired) electrons. The Kier molecular flexibility index (Phi) is 13.5. The van der Waals surface area contributed by atoms with E-state index in [9.17, 15) is 0 Å². The average molecular weight is 253 g/mol. The number of unbranched alkanes of at least 4 members (excludes halogenated alkanes) is 1. The Morgan fingerprint density at radius 3 is 1.27 bits per heavy atom. The summed E-state index contributed by atoms with van der Waals surface area (Å²) < 4.78 is 0. The average Bonchev–Trinajstić information content (AvgIpc) is 2.16. The second-order valence-corrected chi connectivity index (χ2v) is 9.06. The van der Waals surface area contributed by atoms with Gasteiger partial charge in [0.2, 0.25) is 0 Å². The van der Waals surface area contributed by atoms with Crippen molar-refractivity contribution in [3.8, 4) is 0 Å². The molecule has 0 rings (SSSR count). The zero-order valence-corrected chi connectivity index (χ0v) is 12.8. The van der Waals surface area contributed by atoms with Crippen LogP contribution in [0.4, 0.5) is 0 Å². The molecule has 0 bridgehead atoms. The minimum absolute atomic E-state index is 0. The second kappa shape index (κ2) is 11.2. The fourth-order valence-corrected chi connectivity index (χ4v) is 7.76. The molecule has 0 unspecified atom stereocenters. The Morgan fingerprint density at radius 1 is 0.600 bits per heavy atom. The van der Waals surface area contributed by atoms with Crippen LogP contribution in [0.5, 0.6) is 0 Å². The molecule has 0 fully saturated rings. The predicted molar refractivity (Wildman–Crippen MR) is 72.2 cm³/mol. The second-order valence-electron chi connectivity index (χ2n) is 4.59. The molecule has 0 saturated carbocycles. The predicted octanol–water partition coefficient (Wildman–Crippen LogP) is 2.04. The van der Waals surface area contributed by atoms with Crippen LogP contribution in [0, 0.1) is 0 Å².